The summed E-state index contributed by atoms with van der Waals surface area (Å²) < 4.78 is 0. The Morgan fingerprint density at radius 1 is 0.682 bits per heavy atom. The largest absolute Gasteiger partial charge is 0.399 e. The van der Waals surface area contributed by atoms with Gasteiger partial charge >= 0.3 is 0 Å². The number of hydrogen-bond acceptors (Lipinski definition) is 6. The van der Waals surface area contributed by atoms with E-state index >= 15 is 0 Å². The molecule has 0 heterocycles. The van der Waals surface area contributed by atoms with Gasteiger partial charge in [0.2, 0.25) is 0 Å². The monoisotopic (exact) mass is 302 g/mol. The maximum absolute atomic E-state index is 9.96. The second-order valence-corrected chi connectivity index (χ2v) is 5.14. The van der Waals surface area contributed by atoms with Crippen LogP contribution in [0.4, 0.5) is 22.7 Å². The second-order valence-electron chi connectivity index (χ2n) is 5.14. The lowest BCUT2D eigenvalue weighted by Gasteiger charge is -2.20. The average molecular weight is 302 g/mol. The van der Waals surface area contributed by atoms with Gasteiger partial charge in [0.1, 0.15) is 0 Å². The van der Waals surface area contributed by atoms with Crippen LogP contribution in [0.15, 0.2) is 48.5 Å². The molecule has 2 atom stereocenters. The molecule has 22 heavy (non-hydrogen) atoms. The van der Waals surface area contributed by atoms with Gasteiger partial charge in [0, 0.05) is 35.8 Å². The topological polar surface area (TPSA) is 117 Å². The molecule has 2 rings (SSSR count). The van der Waals surface area contributed by atoms with E-state index in [0.717, 1.165) is 11.4 Å². The van der Waals surface area contributed by atoms with Crippen LogP contribution in [0.25, 0.3) is 0 Å². The van der Waals surface area contributed by atoms with Gasteiger partial charge in [0.15, 0.2) is 0 Å². The molecule has 0 amide bonds. The summed E-state index contributed by atoms with van der Waals surface area (Å²) in [6.07, 6.45) is -1.78. The first kappa shape index (κ1) is 15.9. The lowest BCUT2D eigenvalue weighted by molar-refractivity contribution is 0.0363. The highest BCUT2D eigenvalue weighted by Crippen LogP contribution is 2.12. The zero-order valence-electron chi connectivity index (χ0n) is 12.2. The van der Waals surface area contributed by atoms with E-state index in [1.54, 1.807) is 24.3 Å². The summed E-state index contributed by atoms with van der Waals surface area (Å²) in [5.74, 6) is 0. The van der Waals surface area contributed by atoms with Gasteiger partial charge in [-0.1, -0.05) is 0 Å². The van der Waals surface area contributed by atoms with Crippen molar-refractivity contribution < 1.29 is 10.2 Å². The van der Waals surface area contributed by atoms with Crippen molar-refractivity contribution in [3.8, 4) is 0 Å². The maximum Gasteiger partial charge on any atom is 0.0988 e. The van der Waals surface area contributed by atoms with Crippen molar-refractivity contribution in [2.75, 3.05) is 35.2 Å². The Balaban J connectivity index is 1.75. The smallest absolute Gasteiger partial charge is 0.0988 e. The molecule has 0 aliphatic rings. The van der Waals surface area contributed by atoms with Crippen LogP contribution in [-0.2, 0) is 0 Å². The molecule has 0 spiro atoms. The predicted octanol–water partition coefficient (Wildman–Crippen LogP) is 1.10. The zero-order valence-corrected chi connectivity index (χ0v) is 12.2. The number of nitrogens with two attached hydrogens (primary N) is 2. The van der Waals surface area contributed by atoms with Gasteiger partial charge in [0.25, 0.3) is 0 Å². The van der Waals surface area contributed by atoms with E-state index in [1.165, 1.54) is 0 Å². The molecular formula is C16H22N4O2. The molecule has 0 saturated heterocycles. The molecule has 118 valence electrons. The molecule has 6 heteroatoms. The minimum atomic E-state index is -0.890. The van der Waals surface area contributed by atoms with Crippen molar-refractivity contribution in [2.45, 2.75) is 12.2 Å². The van der Waals surface area contributed by atoms with Crippen molar-refractivity contribution in [1.82, 2.24) is 0 Å². The first-order valence-corrected chi connectivity index (χ1v) is 7.09. The molecule has 0 saturated carbocycles. The maximum atomic E-state index is 9.96. The van der Waals surface area contributed by atoms with E-state index in [4.69, 9.17) is 11.5 Å². The van der Waals surface area contributed by atoms with Gasteiger partial charge < -0.3 is 32.3 Å². The number of hydrogen-bond donors (Lipinski definition) is 6. The summed E-state index contributed by atoms with van der Waals surface area (Å²) >= 11 is 0. The quantitative estimate of drug-likeness (QED) is 0.427. The lowest BCUT2D eigenvalue weighted by atomic mass is 10.2. The highest BCUT2D eigenvalue weighted by atomic mass is 16.3. The van der Waals surface area contributed by atoms with E-state index in [0.29, 0.717) is 11.4 Å². The Labute approximate surface area is 129 Å². The molecule has 8 N–H and O–H groups in total. The van der Waals surface area contributed by atoms with E-state index in [2.05, 4.69) is 10.6 Å². The van der Waals surface area contributed by atoms with Gasteiger partial charge in [-0.05, 0) is 48.5 Å². The molecule has 0 aliphatic heterocycles. The van der Waals surface area contributed by atoms with Gasteiger partial charge in [-0.15, -0.1) is 0 Å². The Kier molecular flexibility index (Phi) is 5.46. The molecule has 6 nitrogen and oxygen atoms in total. The van der Waals surface area contributed by atoms with Gasteiger partial charge in [0.05, 0.1) is 12.2 Å². The normalized spacial score (nSPS) is 13.4. The van der Waals surface area contributed by atoms with Crippen LogP contribution in [0.2, 0.25) is 0 Å². The molecule has 0 aromatic heterocycles. The SMILES string of the molecule is Nc1ccc(NCC(O)C(O)CNc2ccc(N)cc2)cc1. The molecule has 2 aromatic carbocycles. The molecule has 0 radical (unpaired) electrons. The fourth-order valence-corrected chi connectivity index (χ4v) is 1.92. The first-order valence-electron chi connectivity index (χ1n) is 7.09. The number of nitrogens with one attached hydrogen (secondary N) is 2. The molecular weight excluding hydrogens is 280 g/mol. The number of aliphatic hydroxyl groups excluding tert-OH is 2. The second kappa shape index (κ2) is 7.53. The number of rotatable bonds is 7. The van der Waals surface area contributed by atoms with Crippen LogP contribution in [-0.4, -0.2) is 35.5 Å². The molecule has 2 aromatic rings. The average Bonchev–Trinajstić information content (AvgIpc) is 2.53. The van der Waals surface area contributed by atoms with E-state index in [1.807, 2.05) is 24.3 Å². The Hall–Kier alpha value is -2.44. The van der Waals surface area contributed by atoms with Gasteiger partial charge in [-0.2, -0.15) is 0 Å². The number of aliphatic hydroxyl groups is 2. The van der Waals surface area contributed by atoms with Gasteiger partial charge in [-0.25, -0.2) is 0 Å². The summed E-state index contributed by atoms with van der Waals surface area (Å²) in [4.78, 5) is 0. The van der Waals surface area contributed by atoms with E-state index in [-0.39, 0.29) is 13.1 Å². The zero-order chi connectivity index (χ0) is 15.9. The molecule has 0 bridgehead atoms. The van der Waals surface area contributed by atoms with Crippen LogP contribution < -0.4 is 22.1 Å². The van der Waals surface area contributed by atoms with Crippen molar-refractivity contribution in [2.24, 2.45) is 0 Å². The van der Waals surface area contributed by atoms with E-state index < -0.39 is 12.2 Å². The summed E-state index contributed by atoms with van der Waals surface area (Å²) in [6.45, 7) is 0.489. The summed E-state index contributed by atoms with van der Waals surface area (Å²) in [5.41, 5.74) is 14.2. The Morgan fingerprint density at radius 3 is 1.32 bits per heavy atom. The Morgan fingerprint density at radius 2 is 1.00 bits per heavy atom. The highest BCUT2D eigenvalue weighted by molar-refractivity contribution is 5.52. The molecule has 0 aliphatic carbocycles. The minimum Gasteiger partial charge on any atom is -0.399 e. The third-order valence-corrected chi connectivity index (χ3v) is 3.30. The lowest BCUT2D eigenvalue weighted by Crippen LogP contribution is -2.37. The standard InChI is InChI=1S/C16H22N4O2/c17-11-1-5-13(6-2-11)19-9-15(21)16(22)10-20-14-7-3-12(18)4-8-14/h1-8,15-16,19-22H,9-10,17-18H2. The highest BCUT2D eigenvalue weighted by Gasteiger charge is 2.15. The first-order chi connectivity index (χ1) is 10.5. The van der Waals surface area contributed by atoms with Crippen LogP contribution in [0, 0.1) is 0 Å². The Bertz CT molecular complexity index is 518. The van der Waals surface area contributed by atoms with E-state index in [9.17, 15) is 10.2 Å². The number of nitrogen functional groups attached to an aromatic ring is 2. The van der Waals surface area contributed by atoms with Crippen LogP contribution in [0.1, 0.15) is 0 Å². The minimum absolute atomic E-state index is 0.245. The molecule has 2 unspecified atom stereocenters. The van der Waals surface area contributed by atoms with Crippen molar-refractivity contribution in [1.29, 1.82) is 0 Å². The van der Waals surface area contributed by atoms with Crippen molar-refractivity contribution in [3.63, 3.8) is 0 Å². The van der Waals surface area contributed by atoms with Crippen LogP contribution >= 0.6 is 0 Å². The van der Waals surface area contributed by atoms with Gasteiger partial charge in [-0.3, -0.25) is 0 Å². The van der Waals surface area contributed by atoms with Crippen molar-refractivity contribution >= 4 is 22.7 Å². The summed E-state index contributed by atoms with van der Waals surface area (Å²) in [6, 6.07) is 14.4. The summed E-state index contributed by atoms with van der Waals surface area (Å²) in [5, 5.41) is 26.0. The third kappa shape index (κ3) is 4.83. The number of anilines is 4. The third-order valence-electron chi connectivity index (χ3n) is 3.30. The fraction of sp³-hybridized carbons (Fsp3) is 0.250. The van der Waals surface area contributed by atoms with Crippen LogP contribution in [0.5, 0.6) is 0 Å². The predicted molar refractivity (Wildman–Crippen MR) is 90.7 cm³/mol. The van der Waals surface area contributed by atoms with Crippen molar-refractivity contribution in [3.05, 3.63) is 48.5 Å². The number of benzene rings is 2. The summed E-state index contributed by atoms with van der Waals surface area (Å²) in [7, 11) is 0. The van der Waals surface area contributed by atoms with Crippen LogP contribution in [0.3, 0.4) is 0 Å². The fourth-order valence-electron chi connectivity index (χ4n) is 1.92. The molecule has 0 fully saturated rings.